The van der Waals surface area contributed by atoms with Gasteiger partial charge in [-0.05, 0) is 54.2 Å². The molecule has 7 heteroatoms. The lowest BCUT2D eigenvalue weighted by Crippen LogP contribution is -2.35. The van der Waals surface area contributed by atoms with Gasteiger partial charge in [-0.15, -0.1) is 10.2 Å². The zero-order chi connectivity index (χ0) is 22.9. The standard InChI is InChI=1S/C26H27N5O2/c1-17(2)13-23-15-24(25-28-27-18(3)33-25)29-31(23)22-10-6-9-20(14-22)26(32)30-12-11-19-7-4-5-8-21(19)16-30/h4-10,14-15,17H,11-13,16H2,1-3H3. The van der Waals surface area contributed by atoms with Gasteiger partial charge in [0.2, 0.25) is 5.89 Å². The minimum absolute atomic E-state index is 0.0386. The molecule has 0 N–H and O–H groups in total. The Morgan fingerprint density at radius 2 is 1.88 bits per heavy atom. The van der Waals surface area contributed by atoms with Crippen molar-refractivity contribution in [2.75, 3.05) is 6.54 Å². The van der Waals surface area contributed by atoms with Crippen molar-refractivity contribution < 1.29 is 9.21 Å². The maximum absolute atomic E-state index is 13.3. The van der Waals surface area contributed by atoms with Crippen LogP contribution in [-0.4, -0.2) is 37.3 Å². The number of aromatic nitrogens is 4. The van der Waals surface area contributed by atoms with Crippen molar-refractivity contribution in [1.82, 2.24) is 24.9 Å². The minimum atomic E-state index is 0.0386. The van der Waals surface area contributed by atoms with Gasteiger partial charge >= 0.3 is 0 Å². The van der Waals surface area contributed by atoms with Gasteiger partial charge in [-0.1, -0.05) is 44.2 Å². The molecule has 1 amide bonds. The van der Waals surface area contributed by atoms with Crippen molar-refractivity contribution in [3.63, 3.8) is 0 Å². The first-order chi connectivity index (χ1) is 16.0. The van der Waals surface area contributed by atoms with Crippen LogP contribution in [0.15, 0.2) is 59.0 Å². The van der Waals surface area contributed by atoms with Gasteiger partial charge in [0.15, 0.2) is 0 Å². The van der Waals surface area contributed by atoms with E-state index in [1.165, 1.54) is 11.1 Å². The zero-order valence-corrected chi connectivity index (χ0v) is 19.2. The van der Waals surface area contributed by atoms with Crippen molar-refractivity contribution in [2.45, 2.75) is 40.2 Å². The van der Waals surface area contributed by atoms with E-state index < -0.39 is 0 Å². The fourth-order valence-corrected chi connectivity index (χ4v) is 4.33. The van der Waals surface area contributed by atoms with Crippen molar-refractivity contribution >= 4 is 5.91 Å². The Morgan fingerprint density at radius 3 is 2.64 bits per heavy atom. The summed E-state index contributed by atoms with van der Waals surface area (Å²) >= 11 is 0. The first-order valence-corrected chi connectivity index (χ1v) is 11.3. The summed E-state index contributed by atoms with van der Waals surface area (Å²) in [5, 5.41) is 12.8. The molecule has 7 nitrogen and oxygen atoms in total. The van der Waals surface area contributed by atoms with Crippen LogP contribution in [0.4, 0.5) is 0 Å². The first-order valence-electron chi connectivity index (χ1n) is 11.3. The van der Waals surface area contributed by atoms with E-state index in [4.69, 9.17) is 9.52 Å². The maximum Gasteiger partial charge on any atom is 0.268 e. The van der Waals surface area contributed by atoms with Gasteiger partial charge in [-0.25, -0.2) is 4.68 Å². The topological polar surface area (TPSA) is 77.1 Å². The predicted octanol–water partition coefficient (Wildman–Crippen LogP) is 4.63. The number of carbonyl (C=O) groups excluding carboxylic acids is 1. The van der Waals surface area contributed by atoms with E-state index in [1.54, 1.807) is 6.92 Å². The van der Waals surface area contributed by atoms with Crippen LogP contribution >= 0.6 is 0 Å². The normalized spacial score (nSPS) is 13.4. The summed E-state index contributed by atoms with van der Waals surface area (Å²) in [5.74, 6) is 1.38. The van der Waals surface area contributed by atoms with Crippen LogP contribution in [-0.2, 0) is 19.4 Å². The number of carbonyl (C=O) groups is 1. The summed E-state index contributed by atoms with van der Waals surface area (Å²) in [6.07, 6.45) is 1.72. The fourth-order valence-electron chi connectivity index (χ4n) is 4.33. The highest BCUT2D eigenvalue weighted by Crippen LogP contribution is 2.25. The van der Waals surface area contributed by atoms with Crippen LogP contribution in [0.1, 0.15) is 46.9 Å². The summed E-state index contributed by atoms with van der Waals surface area (Å²) in [7, 11) is 0. The van der Waals surface area contributed by atoms with Crippen LogP contribution in [0.2, 0.25) is 0 Å². The summed E-state index contributed by atoms with van der Waals surface area (Å²) in [6, 6.07) is 18.0. The molecule has 0 bridgehead atoms. The molecular weight excluding hydrogens is 414 g/mol. The highest BCUT2D eigenvalue weighted by atomic mass is 16.4. The Balaban J connectivity index is 1.46. The summed E-state index contributed by atoms with van der Waals surface area (Å²) < 4.78 is 7.48. The molecule has 0 saturated heterocycles. The molecule has 4 aromatic rings. The molecular formula is C26H27N5O2. The molecule has 0 fully saturated rings. The van der Waals surface area contributed by atoms with Gasteiger partial charge in [-0.2, -0.15) is 5.10 Å². The lowest BCUT2D eigenvalue weighted by molar-refractivity contribution is 0.0734. The molecule has 0 unspecified atom stereocenters. The predicted molar refractivity (Wildman–Crippen MR) is 125 cm³/mol. The minimum Gasteiger partial charge on any atom is -0.420 e. The van der Waals surface area contributed by atoms with E-state index in [9.17, 15) is 4.79 Å². The lowest BCUT2D eigenvalue weighted by atomic mass is 9.99. The highest BCUT2D eigenvalue weighted by Gasteiger charge is 2.22. The van der Waals surface area contributed by atoms with Gasteiger partial charge in [0.05, 0.1) is 5.69 Å². The van der Waals surface area contributed by atoms with Crippen molar-refractivity contribution in [3.05, 3.63) is 82.9 Å². The summed E-state index contributed by atoms with van der Waals surface area (Å²) in [5.41, 5.74) is 5.72. The average Bonchev–Trinajstić information content (AvgIpc) is 3.44. The number of benzene rings is 2. The monoisotopic (exact) mass is 441 g/mol. The Kier molecular flexibility index (Phi) is 5.54. The van der Waals surface area contributed by atoms with Crippen molar-refractivity contribution in [3.8, 4) is 17.3 Å². The molecule has 0 spiro atoms. The number of aryl methyl sites for hydroxylation is 1. The van der Waals surface area contributed by atoms with E-state index in [0.717, 1.165) is 30.8 Å². The second-order valence-electron chi connectivity index (χ2n) is 8.95. The molecule has 1 aliphatic heterocycles. The Morgan fingerprint density at radius 1 is 1.06 bits per heavy atom. The Labute approximate surface area is 193 Å². The van der Waals surface area contributed by atoms with Crippen molar-refractivity contribution in [2.24, 2.45) is 5.92 Å². The lowest BCUT2D eigenvalue weighted by Gasteiger charge is -2.29. The smallest absolute Gasteiger partial charge is 0.268 e. The van der Waals surface area contributed by atoms with E-state index in [0.29, 0.717) is 35.5 Å². The highest BCUT2D eigenvalue weighted by molar-refractivity contribution is 5.95. The van der Waals surface area contributed by atoms with Crippen LogP contribution in [0.5, 0.6) is 0 Å². The van der Waals surface area contributed by atoms with Gasteiger partial charge < -0.3 is 9.32 Å². The summed E-state index contributed by atoms with van der Waals surface area (Å²) in [4.78, 5) is 15.3. The molecule has 0 atom stereocenters. The number of amides is 1. The molecule has 33 heavy (non-hydrogen) atoms. The number of hydrogen-bond donors (Lipinski definition) is 0. The van der Waals surface area contributed by atoms with Gasteiger partial charge in [0.1, 0.15) is 5.69 Å². The molecule has 168 valence electrons. The second-order valence-corrected chi connectivity index (χ2v) is 8.95. The third-order valence-corrected chi connectivity index (χ3v) is 5.90. The zero-order valence-electron chi connectivity index (χ0n) is 19.2. The van der Waals surface area contributed by atoms with E-state index in [1.807, 2.05) is 46.0 Å². The number of hydrogen-bond acceptors (Lipinski definition) is 5. The molecule has 3 heterocycles. The maximum atomic E-state index is 13.3. The molecule has 5 rings (SSSR count). The van der Waals surface area contributed by atoms with Gasteiger partial charge in [0, 0.05) is 31.3 Å². The molecule has 0 radical (unpaired) electrons. The van der Waals surface area contributed by atoms with Crippen LogP contribution in [0.25, 0.3) is 17.3 Å². The quantitative estimate of drug-likeness (QED) is 0.451. The number of nitrogens with zero attached hydrogens (tertiary/aromatic N) is 5. The Bertz CT molecular complexity index is 1300. The van der Waals surface area contributed by atoms with E-state index in [2.05, 4.69) is 42.2 Å². The average molecular weight is 442 g/mol. The molecule has 2 aromatic carbocycles. The molecule has 1 aliphatic rings. The van der Waals surface area contributed by atoms with Gasteiger partial charge in [0.25, 0.3) is 11.8 Å². The van der Waals surface area contributed by atoms with E-state index in [-0.39, 0.29) is 5.91 Å². The fraction of sp³-hybridized carbons (Fsp3) is 0.308. The SMILES string of the molecule is Cc1nnc(-c2cc(CC(C)C)n(-c3cccc(C(=O)N4CCc5ccccc5C4)c3)n2)o1. The molecule has 0 saturated carbocycles. The van der Waals surface area contributed by atoms with Crippen LogP contribution < -0.4 is 0 Å². The van der Waals surface area contributed by atoms with E-state index >= 15 is 0 Å². The van der Waals surface area contributed by atoms with Crippen LogP contribution in [0, 0.1) is 12.8 Å². The number of rotatable bonds is 5. The van der Waals surface area contributed by atoms with Gasteiger partial charge in [-0.3, -0.25) is 4.79 Å². The third kappa shape index (κ3) is 4.31. The molecule has 0 aliphatic carbocycles. The summed E-state index contributed by atoms with van der Waals surface area (Å²) in [6.45, 7) is 7.46. The van der Waals surface area contributed by atoms with Crippen LogP contribution in [0.3, 0.4) is 0 Å². The van der Waals surface area contributed by atoms with Crippen molar-refractivity contribution in [1.29, 1.82) is 0 Å². The second kappa shape index (κ2) is 8.65. The third-order valence-electron chi connectivity index (χ3n) is 5.90. The first kappa shape index (κ1) is 21.1. The molecule has 2 aromatic heterocycles. The number of fused-ring (bicyclic) bond motifs is 1. The largest absolute Gasteiger partial charge is 0.420 e. The Hall–Kier alpha value is -3.74.